The first-order chi connectivity index (χ1) is 9.26. The van der Waals surface area contributed by atoms with Crippen molar-refractivity contribution in [2.75, 3.05) is 0 Å². The van der Waals surface area contributed by atoms with Crippen LogP contribution in [0, 0.1) is 0 Å². The minimum absolute atomic E-state index is 0.0472. The topological polar surface area (TPSA) is 41.1 Å². The zero-order chi connectivity index (χ0) is 14.9. The number of carbonyl (C=O) groups is 1. The zero-order valence-corrected chi connectivity index (χ0v) is 14.1. The SMILES string of the molecule is CC(NC1CCCc2sc(Cl)cc21)C(=O)NC(C)(C)C. The molecular weight excluding hydrogens is 292 g/mol. The first-order valence-electron chi connectivity index (χ1n) is 7.12. The number of halogens is 1. The molecule has 2 rings (SSSR count). The minimum Gasteiger partial charge on any atom is -0.350 e. The lowest BCUT2D eigenvalue weighted by atomic mass is 9.93. The van der Waals surface area contributed by atoms with Gasteiger partial charge in [0, 0.05) is 16.5 Å². The summed E-state index contributed by atoms with van der Waals surface area (Å²) in [7, 11) is 0. The molecule has 1 amide bonds. The average Bonchev–Trinajstić information content (AvgIpc) is 2.68. The minimum atomic E-state index is -0.205. The molecule has 2 atom stereocenters. The Balaban J connectivity index is 2.02. The van der Waals surface area contributed by atoms with Crippen LogP contribution >= 0.6 is 22.9 Å². The summed E-state index contributed by atoms with van der Waals surface area (Å²) in [6.45, 7) is 7.91. The van der Waals surface area contributed by atoms with Crippen LogP contribution in [0.4, 0.5) is 0 Å². The van der Waals surface area contributed by atoms with Crippen LogP contribution in [0.1, 0.15) is 57.0 Å². The van der Waals surface area contributed by atoms with E-state index < -0.39 is 0 Å². The standard InChI is InChI=1S/C15H23ClN2OS/c1-9(14(19)18-15(2,3)4)17-11-6-5-7-12-10(11)8-13(16)20-12/h8-9,11,17H,5-7H2,1-4H3,(H,18,19). The third kappa shape index (κ3) is 3.96. The molecule has 0 fully saturated rings. The maximum atomic E-state index is 12.2. The summed E-state index contributed by atoms with van der Waals surface area (Å²) in [5.74, 6) is 0.0472. The van der Waals surface area contributed by atoms with Gasteiger partial charge in [-0.25, -0.2) is 0 Å². The molecule has 0 spiro atoms. The Morgan fingerprint density at radius 2 is 2.20 bits per heavy atom. The Labute approximate surface area is 130 Å². The number of rotatable bonds is 3. The van der Waals surface area contributed by atoms with Gasteiger partial charge >= 0.3 is 0 Å². The number of aryl methyl sites for hydroxylation is 1. The van der Waals surface area contributed by atoms with E-state index in [1.165, 1.54) is 10.4 Å². The van der Waals surface area contributed by atoms with Crippen LogP contribution in [0.5, 0.6) is 0 Å². The van der Waals surface area contributed by atoms with Crippen molar-refractivity contribution in [3.63, 3.8) is 0 Å². The molecule has 0 bridgehead atoms. The van der Waals surface area contributed by atoms with Gasteiger partial charge in [-0.1, -0.05) is 11.6 Å². The molecule has 0 aliphatic heterocycles. The maximum Gasteiger partial charge on any atom is 0.237 e. The predicted molar refractivity (Wildman–Crippen MR) is 85.5 cm³/mol. The van der Waals surface area contributed by atoms with Crippen molar-refractivity contribution in [2.45, 2.75) is 64.6 Å². The van der Waals surface area contributed by atoms with Crippen LogP contribution in [0.2, 0.25) is 4.34 Å². The Hall–Kier alpha value is -0.580. The van der Waals surface area contributed by atoms with E-state index >= 15 is 0 Å². The van der Waals surface area contributed by atoms with Gasteiger partial charge in [-0.05, 0) is 58.6 Å². The summed E-state index contributed by atoms with van der Waals surface area (Å²) in [6.07, 6.45) is 3.32. The normalized spacial score (nSPS) is 20.4. The first kappa shape index (κ1) is 15.8. The maximum absolute atomic E-state index is 12.2. The molecule has 3 nitrogen and oxygen atoms in total. The second kappa shape index (κ2) is 6.04. The van der Waals surface area contributed by atoms with Crippen LogP contribution in [-0.4, -0.2) is 17.5 Å². The summed E-state index contributed by atoms with van der Waals surface area (Å²) in [4.78, 5) is 13.5. The Morgan fingerprint density at radius 1 is 1.50 bits per heavy atom. The highest BCUT2D eigenvalue weighted by molar-refractivity contribution is 7.16. The van der Waals surface area contributed by atoms with Crippen LogP contribution in [0.3, 0.4) is 0 Å². The molecule has 1 aliphatic rings. The lowest BCUT2D eigenvalue weighted by molar-refractivity contribution is -0.124. The molecule has 112 valence electrons. The van der Waals surface area contributed by atoms with E-state index in [4.69, 9.17) is 11.6 Å². The third-order valence-electron chi connectivity index (χ3n) is 3.43. The second-order valence-corrected chi connectivity index (χ2v) is 8.27. The third-order valence-corrected chi connectivity index (χ3v) is 4.77. The van der Waals surface area contributed by atoms with Crippen molar-refractivity contribution in [3.8, 4) is 0 Å². The summed E-state index contributed by atoms with van der Waals surface area (Å²) in [5, 5.41) is 6.46. The predicted octanol–water partition coefficient (Wildman–Crippen LogP) is 3.67. The highest BCUT2D eigenvalue weighted by Gasteiger charge is 2.27. The lowest BCUT2D eigenvalue weighted by Crippen LogP contribution is -2.50. The number of carbonyl (C=O) groups excluding carboxylic acids is 1. The van der Waals surface area contributed by atoms with Gasteiger partial charge in [-0.3, -0.25) is 10.1 Å². The second-order valence-electron chi connectivity index (χ2n) is 6.50. The van der Waals surface area contributed by atoms with Gasteiger partial charge in [0.15, 0.2) is 0 Å². The number of nitrogens with one attached hydrogen (secondary N) is 2. The van der Waals surface area contributed by atoms with Gasteiger partial charge in [-0.15, -0.1) is 11.3 Å². The van der Waals surface area contributed by atoms with Gasteiger partial charge in [-0.2, -0.15) is 0 Å². The van der Waals surface area contributed by atoms with Crippen LogP contribution in [0.25, 0.3) is 0 Å². The smallest absolute Gasteiger partial charge is 0.237 e. The highest BCUT2D eigenvalue weighted by atomic mass is 35.5. The van der Waals surface area contributed by atoms with Crippen molar-refractivity contribution in [3.05, 3.63) is 20.8 Å². The number of hydrogen-bond donors (Lipinski definition) is 2. The Kier molecular flexibility index (Phi) is 4.77. The molecule has 0 saturated carbocycles. The molecule has 2 N–H and O–H groups in total. The lowest BCUT2D eigenvalue weighted by Gasteiger charge is -2.29. The van der Waals surface area contributed by atoms with Crippen LogP contribution < -0.4 is 10.6 Å². The van der Waals surface area contributed by atoms with Gasteiger partial charge in [0.1, 0.15) is 0 Å². The van der Waals surface area contributed by atoms with E-state index in [1.54, 1.807) is 11.3 Å². The van der Waals surface area contributed by atoms with Crippen LogP contribution in [-0.2, 0) is 11.2 Å². The van der Waals surface area contributed by atoms with Crippen LogP contribution in [0.15, 0.2) is 6.07 Å². The molecule has 1 aliphatic carbocycles. The molecule has 0 saturated heterocycles. The highest BCUT2D eigenvalue weighted by Crippen LogP contribution is 2.37. The van der Waals surface area contributed by atoms with Crippen molar-refractivity contribution in [2.24, 2.45) is 0 Å². The van der Waals surface area contributed by atoms with Gasteiger partial charge in [0.2, 0.25) is 5.91 Å². The number of hydrogen-bond acceptors (Lipinski definition) is 3. The van der Waals surface area contributed by atoms with Gasteiger partial charge in [0.05, 0.1) is 10.4 Å². The molecule has 1 heterocycles. The molecular formula is C15H23ClN2OS. The summed E-state index contributed by atoms with van der Waals surface area (Å²) < 4.78 is 0.843. The molecule has 20 heavy (non-hydrogen) atoms. The van der Waals surface area contributed by atoms with E-state index in [9.17, 15) is 4.79 Å². The van der Waals surface area contributed by atoms with Gasteiger partial charge < -0.3 is 5.32 Å². The fourth-order valence-electron chi connectivity index (χ4n) is 2.55. The quantitative estimate of drug-likeness (QED) is 0.893. The Morgan fingerprint density at radius 3 is 2.85 bits per heavy atom. The molecule has 1 aromatic heterocycles. The Bertz CT molecular complexity index is 493. The molecule has 1 aromatic rings. The monoisotopic (exact) mass is 314 g/mol. The number of fused-ring (bicyclic) bond motifs is 1. The van der Waals surface area contributed by atoms with E-state index in [0.29, 0.717) is 0 Å². The van der Waals surface area contributed by atoms with Crippen molar-refractivity contribution >= 4 is 28.8 Å². The van der Waals surface area contributed by atoms with Crippen molar-refractivity contribution < 1.29 is 4.79 Å². The first-order valence-corrected chi connectivity index (χ1v) is 8.32. The fourth-order valence-corrected chi connectivity index (χ4v) is 3.93. The van der Waals surface area contributed by atoms with Gasteiger partial charge in [0.25, 0.3) is 0 Å². The van der Waals surface area contributed by atoms with Crippen molar-refractivity contribution in [1.82, 2.24) is 10.6 Å². The molecule has 0 radical (unpaired) electrons. The summed E-state index contributed by atoms with van der Waals surface area (Å²) in [5.41, 5.74) is 1.08. The summed E-state index contributed by atoms with van der Waals surface area (Å²) in [6, 6.07) is 2.08. The number of thiophene rings is 1. The van der Waals surface area contributed by atoms with Crippen molar-refractivity contribution in [1.29, 1.82) is 0 Å². The van der Waals surface area contributed by atoms with E-state index in [2.05, 4.69) is 10.6 Å². The number of amides is 1. The largest absolute Gasteiger partial charge is 0.350 e. The van der Waals surface area contributed by atoms with E-state index in [0.717, 1.165) is 23.6 Å². The summed E-state index contributed by atoms with van der Waals surface area (Å²) >= 11 is 7.78. The fraction of sp³-hybridized carbons (Fsp3) is 0.667. The van der Waals surface area contributed by atoms with E-state index in [-0.39, 0.29) is 23.5 Å². The zero-order valence-electron chi connectivity index (χ0n) is 12.5. The molecule has 5 heteroatoms. The molecule has 0 aromatic carbocycles. The van der Waals surface area contributed by atoms with E-state index in [1.807, 2.05) is 33.8 Å². The average molecular weight is 315 g/mol. The molecule has 2 unspecified atom stereocenters.